The number of carbonyl (C=O) groups is 1. The first-order valence-electron chi connectivity index (χ1n) is 4.66. The fourth-order valence-electron chi connectivity index (χ4n) is 0.720. The van der Waals surface area contributed by atoms with Crippen LogP contribution in [0.1, 0.15) is 0 Å². The number of aliphatic hydroxyl groups is 5. The summed E-state index contributed by atoms with van der Waals surface area (Å²) in [5.41, 5.74) is 0. The van der Waals surface area contributed by atoms with Crippen LogP contribution in [-0.2, 0) is 29.2 Å². The molecule has 0 spiro atoms. The van der Waals surface area contributed by atoms with Crippen molar-refractivity contribution >= 4 is 27.1 Å². The molecule has 0 fully saturated rings. The SMILES string of the molecule is O=C[C@H](O)[C@@H](O)[C@@H](O)[C@H](O)CO.O=S(=O)([O-])OS(=O)(=O)[O-]. The van der Waals surface area contributed by atoms with Crippen molar-refractivity contribution in [3.8, 4) is 0 Å². The molecule has 128 valence electrons. The second-order valence-electron chi connectivity index (χ2n) is 3.24. The molecule has 0 saturated heterocycles. The van der Waals surface area contributed by atoms with Gasteiger partial charge in [-0.3, -0.25) is 0 Å². The highest BCUT2D eigenvalue weighted by molar-refractivity contribution is 7.94. The lowest BCUT2D eigenvalue weighted by Gasteiger charge is -2.22. The molecule has 0 amide bonds. The van der Waals surface area contributed by atoms with Gasteiger partial charge in [0.1, 0.15) is 24.4 Å². The van der Waals surface area contributed by atoms with Crippen molar-refractivity contribution in [2.75, 3.05) is 6.61 Å². The van der Waals surface area contributed by atoms with Crippen LogP contribution >= 0.6 is 0 Å². The van der Waals surface area contributed by atoms with Gasteiger partial charge in [0.25, 0.3) is 0 Å². The minimum absolute atomic E-state index is 0.0258. The second kappa shape index (κ2) is 9.30. The standard InChI is InChI=1S/C6H12O6.H2O7S2/c7-1-3(9)5(11)6(12)4(10)2-8;1-8(2,3)7-9(4,5)6/h1,3-6,8-12H,2H2;(H,1,2,3)(H,4,5,6)/p-2/t3-,4+,5+,6-;/m0./s1. The molecule has 0 aliphatic rings. The van der Waals surface area contributed by atoms with Crippen LogP contribution in [0.5, 0.6) is 0 Å². The number of rotatable bonds is 7. The van der Waals surface area contributed by atoms with E-state index >= 15 is 0 Å². The van der Waals surface area contributed by atoms with E-state index in [1.807, 2.05) is 0 Å². The monoisotopic (exact) mass is 356 g/mol. The summed E-state index contributed by atoms with van der Waals surface area (Å²) in [7, 11) is -10.9. The van der Waals surface area contributed by atoms with E-state index in [-0.39, 0.29) is 6.29 Å². The topological polar surface area (TPSA) is 242 Å². The van der Waals surface area contributed by atoms with Gasteiger partial charge in [-0.15, -0.1) is 0 Å². The molecule has 0 radical (unpaired) electrons. The molecule has 0 aromatic rings. The van der Waals surface area contributed by atoms with Crippen LogP contribution in [0.25, 0.3) is 0 Å². The Morgan fingerprint density at radius 2 is 1.33 bits per heavy atom. The molecular weight excluding hydrogens is 344 g/mol. The molecule has 0 aliphatic heterocycles. The van der Waals surface area contributed by atoms with Crippen molar-refractivity contribution in [1.82, 2.24) is 0 Å². The number of hydrogen-bond donors (Lipinski definition) is 5. The van der Waals surface area contributed by atoms with E-state index in [9.17, 15) is 30.7 Å². The summed E-state index contributed by atoms with van der Waals surface area (Å²) in [4.78, 5) is 9.90. The lowest BCUT2D eigenvalue weighted by atomic mass is 10.0. The zero-order valence-corrected chi connectivity index (χ0v) is 11.5. The van der Waals surface area contributed by atoms with Crippen molar-refractivity contribution in [1.29, 1.82) is 0 Å². The van der Waals surface area contributed by atoms with Gasteiger partial charge in [0.15, 0.2) is 6.29 Å². The fourth-order valence-corrected chi connectivity index (χ4v) is 1.54. The van der Waals surface area contributed by atoms with Gasteiger partial charge in [0.2, 0.25) is 20.8 Å². The van der Waals surface area contributed by atoms with Crippen LogP contribution in [-0.4, -0.2) is 88.8 Å². The molecule has 13 nitrogen and oxygen atoms in total. The van der Waals surface area contributed by atoms with Gasteiger partial charge in [-0.2, -0.15) is 3.63 Å². The predicted molar refractivity (Wildman–Crippen MR) is 57.7 cm³/mol. The van der Waals surface area contributed by atoms with E-state index < -0.39 is 51.8 Å². The molecule has 0 aromatic heterocycles. The Morgan fingerprint density at radius 1 is 0.952 bits per heavy atom. The highest BCUT2D eigenvalue weighted by Gasteiger charge is 2.29. The lowest BCUT2D eigenvalue weighted by molar-refractivity contribution is -0.136. The molecule has 5 N–H and O–H groups in total. The summed E-state index contributed by atoms with van der Waals surface area (Å²) in [6.07, 6.45) is -6.84. The average Bonchev–Trinajstić information content (AvgIpc) is 2.31. The smallest absolute Gasteiger partial charge is 0.231 e. The molecule has 0 aliphatic carbocycles. The van der Waals surface area contributed by atoms with Crippen LogP contribution in [0.15, 0.2) is 0 Å². The molecule has 0 heterocycles. The first kappa shape index (κ1) is 22.5. The summed E-state index contributed by atoms with van der Waals surface area (Å²) >= 11 is 0. The Morgan fingerprint density at radius 3 is 1.52 bits per heavy atom. The zero-order chi connectivity index (χ0) is 17.4. The maximum absolute atomic E-state index is 9.90. The van der Waals surface area contributed by atoms with Crippen LogP contribution in [0, 0.1) is 0 Å². The third-order valence-corrected chi connectivity index (χ3v) is 2.92. The van der Waals surface area contributed by atoms with E-state index in [2.05, 4.69) is 3.63 Å². The van der Waals surface area contributed by atoms with E-state index in [1.165, 1.54) is 0 Å². The van der Waals surface area contributed by atoms with Crippen molar-refractivity contribution in [2.45, 2.75) is 24.4 Å². The van der Waals surface area contributed by atoms with E-state index in [1.54, 1.807) is 0 Å². The summed E-state index contributed by atoms with van der Waals surface area (Å²) < 4.78 is 58.2. The third kappa shape index (κ3) is 12.7. The van der Waals surface area contributed by atoms with Gasteiger partial charge in [0, 0.05) is 0 Å². The van der Waals surface area contributed by atoms with E-state index in [0.29, 0.717) is 0 Å². The van der Waals surface area contributed by atoms with Crippen LogP contribution in [0.3, 0.4) is 0 Å². The van der Waals surface area contributed by atoms with Crippen molar-refractivity contribution in [3.05, 3.63) is 0 Å². The van der Waals surface area contributed by atoms with Gasteiger partial charge in [-0.1, -0.05) is 0 Å². The van der Waals surface area contributed by atoms with Crippen molar-refractivity contribution < 1.29 is 59.9 Å². The largest absolute Gasteiger partial charge is 0.725 e. The Kier molecular flexibility index (Phi) is 9.98. The van der Waals surface area contributed by atoms with Gasteiger partial charge in [-0.25, -0.2) is 16.8 Å². The van der Waals surface area contributed by atoms with Crippen molar-refractivity contribution in [2.24, 2.45) is 0 Å². The molecule has 4 atom stereocenters. The number of aldehydes is 1. The number of carbonyl (C=O) groups excluding carboxylic acids is 1. The average molecular weight is 356 g/mol. The molecular formula is C6H12O13S2-2. The van der Waals surface area contributed by atoms with E-state index in [0.717, 1.165) is 0 Å². The summed E-state index contributed by atoms with van der Waals surface area (Å²) in [5.74, 6) is 0. The highest BCUT2D eigenvalue weighted by Crippen LogP contribution is 2.02. The van der Waals surface area contributed by atoms with Crippen LogP contribution in [0.2, 0.25) is 0 Å². The number of aliphatic hydroxyl groups excluding tert-OH is 5. The number of hydrogen-bond acceptors (Lipinski definition) is 13. The predicted octanol–water partition coefficient (Wildman–Crippen LogP) is -5.46. The Bertz CT molecular complexity index is 465. The van der Waals surface area contributed by atoms with Gasteiger partial charge < -0.3 is 39.4 Å². The minimum Gasteiger partial charge on any atom is -0.725 e. The Hall–Kier alpha value is -0.750. The van der Waals surface area contributed by atoms with Crippen LogP contribution in [0.4, 0.5) is 0 Å². The minimum atomic E-state index is -5.43. The second-order valence-corrected chi connectivity index (χ2v) is 5.42. The van der Waals surface area contributed by atoms with Crippen LogP contribution < -0.4 is 0 Å². The summed E-state index contributed by atoms with van der Waals surface area (Å²) in [6.45, 7) is -0.760. The molecule has 21 heavy (non-hydrogen) atoms. The molecule has 0 aromatic carbocycles. The third-order valence-electron chi connectivity index (χ3n) is 1.59. The summed E-state index contributed by atoms with van der Waals surface area (Å²) in [6, 6.07) is 0. The first-order chi connectivity index (χ1) is 9.25. The molecule has 0 unspecified atom stereocenters. The first-order valence-corrected chi connectivity index (χ1v) is 7.33. The van der Waals surface area contributed by atoms with Gasteiger partial charge in [0.05, 0.1) is 6.61 Å². The maximum Gasteiger partial charge on any atom is 0.231 e. The molecule has 0 rings (SSSR count). The summed E-state index contributed by atoms with van der Waals surface area (Å²) in [5, 5.41) is 43.5. The van der Waals surface area contributed by atoms with E-state index in [4.69, 9.17) is 25.5 Å². The highest BCUT2D eigenvalue weighted by atomic mass is 32.3. The molecule has 15 heteroatoms. The zero-order valence-electron chi connectivity index (χ0n) is 9.91. The quantitative estimate of drug-likeness (QED) is 0.162. The van der Waals surface area contributed by atoms with Gasteiger partial charge in [-0.05, 0) is 0 Å². The normalized spacial score (nSPS) is 17.9. The molecule has 0 bridgehead atoms. The van der Waals surface area contributed by atoms with Crippen molar-refractivity contribution in [3.63, 3.8) is 0 Å². The fraction of sp³-hybridized carbons (Fsp3) is 0.833. The van der Waals surface area contributed by atoms with Gasteiger partial charge >= 0.3 is 0 Å². The lowest BCUT2D eigenvalue weighted by Crippen LogP contribution is -2.46. The maximum atomic E-state index is 9.90. The Balaban J connectivity index is 0. The Labute approximate surface area is 118 Å². The molecule has 0 saturated carbocycles.